The Morgan fingerprint density at radius 1 is 1.21 bits per heavy atom. The fraction of sp³-hybridized carbons (Fsp3) is 0.857. The van der Waals surface area contributed by atoms with E-state index in [1.54, 1.807) is 7.11 Å². The average molecular weight is 266 g/mol. The maximum Gasteiger partial charge on any atom is 0.151 e. The lowest BCUT2D eigenvalue weighted by molar-refractivity contribution is 0.127. The van der Waals surface area contributed by atoms with Crippen LogP contribution in [0, 0.1) is 5.92 Å². The molecule has 1 saturated heterocycles. The Labute approximate surface area is 115 Å². The van der Waals surface area contributed by atoms with Gasteiger partial charge in [0.05, 0.1) is 0 Å². The van der Waals surface area contributed by atoms with Gasteiger partial charge in [-0.25, -0.2) is 4.98 Å². The van der Waals surface area contributed by atoms with Crippen molar-refractivity contribution >= 4 is 0 Å². The lowest BCUT2D eigenvalue weighted by Gasteiger charge is -2.46. The van der Waals surface area contributed by atoms with E-state index in [4.69, 9.17) is 4.74 Å². The number of methoxy groups -OCH3 is 1. The van der Waals surface area contributed by atoms with Crippen LogP contribution in [0.25, 0.3) is 0 Å². The predicted octanol–water partition coefficient (Wildman–Crippen LogP) is 2.05. The van der Waals surface area contributed by atoms with Crippen LogP contribution in [0.5, 0.6) is 0 Å². The van der Waals surface area contributed by atoms with Crippen molar-refractivity contribution in [3.05, 3.63) is 11.6 Å². The Balaban J connectivity index is 2.01. The minimum absolute atomic E-state index is 0.179. The number of hydrogen-bond acceptors (Lipinski definition) is 4. The highest BCUT2D eigenvalue weighted by atomic mass is 16.5. The minimum atomic E-state index is 0.179. The molecule has 1 aromatic heterocycles. The number of nitrogens with one attached hydrogen (secondary N) is 2. The number of aromatic nitrogens is 3. The second-order valence-corrected chi connectivity index (χ2v) is 7.00. The summed E-state index contributed by atoms with van der Waals surface area (Å²) in [4.78, 5) is 4.48. The molecular weight excluding hydrogens is 240 g/mol. The van der Waals surface area contributed by atoms with Crippen LogP contribution in [0.4, 0.5) is 0 Å². The van der Waals surface area contributed by atoms with Gasteiger partial charge in [-0.15, -0.1) is 0 Å². The fourth-order valence-electron chi connectivity index (χ4n) is 3.56. The van der Waals surface area contributed by atoms with Crippen molar-refractivity contribution in [3.8, 4) is 0 Å². The number of ether oxygens (including phenoxy) is 1. The maximum atomic E-state index is 5.05. The molecule has 1 aliphatic heterocycles. The zero-order chi connectivity index (χ0) is 14.1. The summed E-state index contributed by atoms with van der Waals surface area (Å²) >= 11 is 0. The largest absolute Gasteiger partial charge is 0.377 e. The second kappa shape index (κ2) is 5.21. The quantitative estimate of drug-likeness (QED) is 0.875. The molecule has 0 spiro atoms. The molecule has 0 saturated carbocycles. The SMILES string of the molecule is COCc1nc(CC2CC(C)(C)NC(C)(C)C2)n[nH]1. The maximum absolute atomic E-state index is 5.05. The van der Waals surface area contributed by atoms with Gasteiger partial charge < -0.3 is 10.1 Å². The van der Waals surface area contributed by atoms with Crippen molar-refractivity contribution in [2.45, 2.75) is 64.6 Å². The first-order chi connectivity index (χ1) is 8.80. The lowest BCUT2D eigenvalue weighted by atomic mass is 9.74. The van der Waals surface area contributed by atoms with Crippen molar-refractivity contribution in [2.75, 3.05) is 7.11 Å². The summed E-state index contributed by atoms with van der Waals surface area (Å²) in [6.45, 7) is 9.59. The summed E-state index contributed by atoms with van der Waals surface area (Å²) in [5.74, 6) is 2.34. The van der Waals surface area contributed by atoms with Crippen molar-refractivity contribution in [1.82, 2.24) is 20.5 Å². The summed E-state index contributed by atoms with van der Waals surface area (Å²) in [5.41, 5.74) is 0.357. The van der Waals surface area contributed by atoms with E-state index in [0.717, 1.165) is 30.9 Å². The van der Waals surface area contributed by atoms with E-state index in [-0.39, 0.29) is 11.1 Å². The van der Waals surface area contributed by atoms with Crippen molar-refractivity contribution in [1.29, 1.82) is 0 Å². The molecule has 0 aliphatic carbocycles. The van der Waals surface area contributed by atoms with E-state index in [1.165, 1.54) is 0 Å². The molecule has 2 rings (SSSR count). The van der Waals surface area contributed by atoms with Crippen molar-refractivity contribution < 1.29 is 4.74 Å². The van der Waals surface area contributed by atoms with Gasteiger partial charge in [0.1, 0.15) is 6.61 Å². The first-order valence-electron chi connectivity index (χ1n) is 6.98. The van der Waals surface area contributed by atoms with Gasteiger partial charge in [0.15, 0.2) is 11.6 Å². The Morgan fingerprint density at radius 3 is 2.42 bits per heavy atom. The van der Waals surface area contributed by atoms with Crippen LogP contribution in [0.1, 0.15) is 52.2 Å². The highest BCUT2D eigenvalue weighted by Gasteiger charge is 2.37. The molecule has 19 heavy (non-hydrogen) atoms. The van der Waals surface area contributed by atoms with Crippen LogP contribution in [0.15, 0.2) is 0 Å². The van der Waals surface area contributed by atoms with Gasteiger partial charge >= 0.3 is 0 Å². The van der Waals surface area contributed by atoms with E-state index >= 15 is 0 Å². The zero-order valence-electron chi connectivity index (χ0n) is 12.7. The van der Waals surface area contributed by atoms with Crippen LogP contribution in [-0.4, -0.2) is 33.4 Å². The third-order valence-electron chi connectivity index (χ3n) is 3.61. The Hall–Kier alpha value is -0.940. The summed E-state index contributed by atoms with van der Waals surface area (Å²) in [7, 11) is 1.67. The molecule has 0 atom stereocenters. The van der Waals surface area contributed by atoms with E-state index in [2.05, 4.69) is 48.2 Å². The Bertz CT molecular complexity index is 409. The Morgan fingerprint density at radius 2 is 1.84 bits per heavy atom. The van der Waals surface area contributed by atoms with Crippen molar-refractivity contribution in [2.24, 2.45) is 5.92 Å². The van der Waals surface area contributed by atoms with Gasteiger partial charge in [0.2, 0.25) is 0 Å². The minimum Gasteiger partial charge on any atom is -0.377 e. The molecule has 0 radical (unpaired) electrons. The third-order valence-corrected chi connectivity index (χ3v) is 3.61. The molecule has 5 nitrogen and oxygen atoms in total. The molecule has 2 heterocycles. The molecule has 5 heteroatoms. The molecule has 0 unspecified atom stereocenters. The molecule has 2 N–H and O–H groups in total. The fourth-order valence-corrected chi connectivity index (χ4v) is 3.56. The standard InChI is InChI=1S/C14H26N4O/c1-13(2)7-10(8-14(3,4)18-13)6-11-15-12(9-19-5)17-16-11/h10,18H,6-9H2,1-5H3,(H,15,16,17). The average Bonchev–Trinajstić information content (AvgIpc) is 2.60. The second-order valence-electron chi connectivity index (χ2n) is 7.00. The van der Waals surface area contributed by atoms with Crippen LogP contribution >= 0.6 is 0 Å². The van der Waals surface area contributed by atoms with Gasteiger partial charge in [-0.1, -0.05) is 0 Å². The molecule has 108 valence electrons. The van der Waals surface area contributed by atoms with Crippen LogP contribution in [0.2, 0.25) is 0 Å². The molecule has 1 fully saturated rings. The zero-order valence-corrected chi connectivity index (χ0v) is 12.7. The molecule has 1 aromatic rings. The molecular formula is C14H26N4O. The van der Waals surface area contributed by atoms with E-state index in [9.17, 15) is 0 Å². The summed E-state index contributed by atoms with van der Waals surface area (Å²) in [6, 6.07) is 0. The summed E-state index contributed by atoms with van der Waals surface area (Å²) in [5, 5.41) is 10.9. The molecule has 0 bridgehead atoms. The van der Waals surface area contributed by atoms with E-state index in [0.29, 0.717) is 12.5 Å². The third kappa shape index (κ3) is 4.01. The lowest BCUT2D eigenvalue weighted by Crippen LogP contribution is -2.58. The van der Waals surface area contributed by atoms with Gasteiger partial charge in [-0.2, -0.15) is 5.10 Å². The van der Waals surface area contributed by atoms with Gasteiger partial charge in [0.25, 0.3) is 0 Å². The molecule has 1 aliphatic rings. The molecule has 0 aromatic carbocycles. The predicted molar refractivity (Wildman–Crippen MR) is 74.8 cm³/mol. The highest BCUT2D eigenvalue weighted by Crippen LogP contribution is 2.34. The number of nitrogens with zero attached hydrogens (tertiary/aromatic N) is 2. The monoisotopic (exact) mass is 266 g/mol. The van der Waals surface area contributed by atoms with Gasteiger partial charge in [-0.05, 0) is 46.5 Å². The molecule has 0 amide bonds. The Kier molecular flexibility index (Phi) is 3.97. The van der Waals surface area contributed by atoms with Gasteiger partial charge in [0, 0.05) is 24.6 Å². The normalized spacial score (nSPS) is 22.6. The number of H-pyrrole nitrogens is 1. The van der Waals surface area contributed by atoms with E-state index < -0.39 is 0 Å². The summed E-state index contributed by atoms with van der Waals surface area (Å²) < 4.78 is 5.05. The van der Waals surface area contributed by atoms with Crippen molar-refractivity contribution in [3.63, 3.8) is 0 Å². The number of aromatic amines is 1. The summed E-state index contributed by atoms with van der Waals surface area (Å²) in [6.07, 6.45) is 3.25. The number of rotatable bonds is 4. The van der Waals surface area contributed by atoms with Crippen LogP contribution < -0.4 is 5.32 Å². The van der Waals surface area contributed by atoms with Crippen LogP contribution in [-0.2, 0) is 17.8 Å². The number of hydrogen-bond donors (Lipinski definition) is 2. The number of piperidine rings is 1. The smallest absolute Gasteiger partial charge is 0.151 e. The van der Waals surface area contributed by atoms with E-state index in [1.807, 2.05) is 0 Å². The topological polar surface area (TPSA) is 62.8 Å². The van der Waals surface area contributed by atoms with Gasteiger partial charge in [-0.3, -0.25) is 5.10 Å². The van der Waals surface area contributed by atoms with Crippen LogP contribution in [0.3, 0.4) is 0 Å². The first-order valence-corrected chi connectivity index (χ1v) is 6.98. The first kappa shape index (κ1) is 14.5. The highest BCUT2D eigenvalue weighted by molar-refractivity contribution is 5.00.